The van der Waals surface area contributed by atoms with Crippen molar-refractivity contribution in [1.29, 1.82) is 0 Å². The van der Waals surface area contributed by atoms with Crippen LogP contribution in [0.2, 0.25) is 0 Å². The third kappa shape index (κ3) is 4.13. The summed E-state index contributed by atoms with van der Waals surface area (Å²) in [5.41, 5.74) is 1.79. The second-order valence-corrected chi connectivity index (χ2v) is 6.81. The van der Waals surface area contributed by atoms with E-state index in [4.69, 9.17) is 4.74 Å². The minimum atomic E-state index is -0.0493. The number of methoxy groups -OCH3 is 1. The molecule has 134 valence electrons. The van der Waals surface area contributed by atoms with E-state index in [9.17, 15) is 4.79 Å². The lowest BCUT2D eigenvalue weighted by molar-refractivity contribution is 0.0948. The highest BCUT2D eigenvalue weighted by atomic mass is 16.5. The summed E-state index contributed by atoms with van der Waals surface area (Å²) >= 11 is 0. The van der Waals surface area contributed by atoms with Crippen LogP contribution in [0.25, 0.3) is 0 Å². The lowest BCUT2D eigenvalue weighted by atomic mass is 10.1. The van der Waals surface area contributed by atoms with Gasteiger partial charge in [0.05, 0.1) is 18.9 Å². The number of anilines is 1. The summed E-state index contributed by atoms with van der Waals surface area (Å²) in [6.07, 6.45) is 4.51. The van der Waals surface area contributed by atoms with E-state index in [2.05, 4.69) is 27.4 Å². The molecule has 1 saturated heterocycles. The van der Waals surface area contributed by atoms with Gasteiger partial charge in [0.25, 0.3) is 5.91 Å². The van der Waals surface area contributed by atoms with Gasteiger partial charge in [0.1, 0.15) is 5.75 Å². The van der Waals surface area contributed by atoms with Crippen molar-refractivity contribution in [2.45, 2.75) is 26.3 Å². The van der Waals surface area contributed by atoms with Crippen molar-refractivity contribution in [3.8, 4) is 5.75 Å². The molecule has 1 atom stereocenters. The minimum Gasteiger partial charge on any atom is -0.497 e. The van der Waals surface area contributed by atoms with E-state index in [0.29, 0.717) is 18.0 Å². The van der Waals surface area contributed by atoms with Gasteiger partial charge in [-0.15, -0.1) is 0 Å². The average molecular weight is 342 g/mol. The molecule has 1 aliphatic rings. The predicted octanol–water partition coefficient (Wildman–Crippen LogP) is 2.73. The molecule has 2 heterocycles. The zero-order chi connectivity index (χ0) is 17.8. The second kappa shape index (κ2) is 7.59. The van der Waals surface area contributed by atoms with Gasteiger partial charge in [0.15, 0.2) is 0 Å². The number of carbonyl (C=O) groups excluding carboxylic acids is 1. The van der Waals surface area contributed by atoms with E-state index in [0.717, 1.165) is 25.3 Å². The summed E-state index contributed by atoms with van der Waals surface area (Å²) in [6, 6.07) is 8.38. The van der Waals surface area contributed by atoms with E-state index in [1.54, 1.807) is 24.2 Å². The molecule has 0 bridgehead atoms. The van der Waals surface area contributed by atoms with Crippen LogP contribution in [-0.4, -0.2) is 42.4 Å². The molecule has 2 aromatic rings. The third-order valence-corrected chi connectivity index (χ3v) is 4.65. The predicted molar refractivity (Wildman–Crippen MR) is 98.3 cm³/mol. The molecule has 1 N–H and O–H groups in total. The summed E-state index contributed by atoms with van der Waals surface area (Å²) in [7, 11) is 1.68. The Labute approximate surface area is 148 Å². The highest BCUT2D eigenvalue weighted by Gasteiger charge is 2.23. The molecule has 6 nitrogen and oxygen atoms in total. The van der Waals surface area contributed by atoms with Crippen LogP contribution in [-0.2, 0) is 0 Å². The van der Waals surface area contributed by atoms with Crippen molar-refractivity contribution in [2.75, 3.05) is 31.6 Å². The zero-order valence-corrected chi connectivity index (χ0v) is 15.1. The molecule has 6 heteroatoms. The number of nitrogens with zero attached hydrogens (tertiary/aromatic N) is 3. The average Bonchev–Trinajstić information content (AvgIpc) is 3.29. The summed E-state index contributed by atoms with van der Waals surface area (Å²) in [5, 5.41) is 7.26. The van der Waals surface area contributed by atoms with Gasteiger partial charge < -0.3 is 15.0 Å². The first-order valence-electron chi connectivity index (χ1n) is 8.78. The molecule has 1 fully saturated rings. The Bertz CT molecular complexity index is 726. The van der Waals surface area contributed by atoms with E-state index in [1.807, 2.05) is 26.0 Å². The molecule has 1 amide bonds. The number of nitrogens with one attached hydrogen (secondary N) is 1. The van der Waals surface area contributed by atoms with Crippen LogP contribution in [0, 0.1) is 5.92 Å². The fraction of sp³-hybridized carbons (Fsp3) is 0.474. The number of rotatable bonds is 6. The molecule has 25 heavy (non-hydrogen) atoms. The SMILES string of the molecule is COc1cccc(N2CC[C@H](CNC(=O)c3cnn(C(C)C)c3)C2)c1. The molecule has 1 aromatic carbocycles. The standard InChI is InChI=1S/C19H26N4O2/c1-14(2)23-13-16(11-21-23)19(24)20-10-15-7-8-22(12-15)17-5-4-6-18(9-17)25-3/h4-6,9,11,13-15H,7-8,10,12H2,1-3H3,(H,20,24)/t15-/m1/s1. The number of carbonyl (C=O) groups is 1. The summed E-state index contributed by atoms with van der Waals surface area (Å²) < 4.78 is 7.10. The maximum Gasteiger partial charge on any atom is 0.254 e. The van der Waals surface area contributed by atoms with Crippen LogP contribution in [0.4, 0.5) is 5.69 Å². The largest absolute Gasteiger partial charge is 0.497 e. The monoisotopic (exact) mass is 342 g/mol. The van der Waals surface area contributed by atoms with Gasteiger partial charge in [0.2, 0.25) is 0 Å². The number of benzene rings is 1. The van der Waals surface area contributed by atoms with Crippen LogP contribution >= 0.6 is 0 Å². The topological polar surface area (TPSA) is 59.4 Å². The van der Waals surface area contributed by atoms with Gasteiger partial charge in [-0.25, -0.2) is 0 Å². The Hall–Kier alpha value is -2.50. The smallest absolute Gasteiger partial charge is 0.254 e. The van der Waals surface area contributed by atoms with Gasteiger partial charge in [0, 0.05) is 43.6 Å². The molecule has 0 saturated carbocycles. The Morgan fingerprint density at radius 1 is 1.44 bits per heavy atom. The highest BCUT2D eigenvalue weighted by molar-refractivity contribution is 5.93. The van der Waals surface area contributed by atoms with Crippen molar-refractivity contribution < 1.29 is 9.53 Å². The lowest BCUT2D eigenvalue weighted by Gasteiger charge is -2.19. The van der Waals surface area contributed by atoms with E-state index in [-0.39, 0.29) is 11.9 Å². The van der Waals surface area contributed by atoms with Gasteiger partial charge in [-0.1, -0.05) is 6.07 Å². The molecule has 1 aromatic heterocycles. The molecule has 1 aliphatic heterocycles. The van der Waals surface area contributed by atoms with Crippen LogP contribution in [0.5, 0.6) is 5.75 Å². The first-order valence-corrected chi connectivity index (χ1v) is 8.78. The summed E-state index contributed by atoms with van der Waals surface area (Å²) in [5.74, 6) is 1.28. The Kier molecular flexibility index (Phi) is 5.26. The highest BCUT2D eigenvalue weighted by Crippen LogP contribution is 2.26. The Morgan fingerprint density at radius 3 is 3.00 bits per heavy atom. The minimum absolute atomic E-state index is 0.0493. The first-order chi connectivity index (χ1) is 12.1. The van der Waals surface area contributed by atoms with E-state index >= 15 is 0 Å². The number of amides is 1. The fourth-order valence-corrected chi connectivity index (χ4v) is 3.12. The number of ether oxygens (including phenoxy) is 1. The zero-order valence-electron chi connectivity index (χ0n) is 15.1. The Balaban J connectivity index is 1.51. The first kappa shape index (κ1) is 17.3. The lowest BCUT2D eigenvalue weighted by Crippen LogP contribution is -2.30. The molecule has 0 radical (unpaired) electrons. The second-order valence-electron chi connectivity index (χ2n) is 6.81. The number of hydrogen-bond donors (Lipinski definition) is 1. The van der Waals surface area contributed by atoms with Crippen LogP contribution in [0.1, 0.15) is 36.7 Å². The molecule has 0 spiro atoms. The molecular weight excluding hydrogens is 316 g/mol. The molecular formula is C19H26N4O2. The van der Waals surface area contributed by atoms with Crippen LogP contribution < -0.4 is 15.0 Å². The van der Waals surface area contributed by atoms with Crippen molar-refractivity contribution >= 4 is 11.6 Å². The van der Waals surface area contributed by atoms with Crippen molar-refractivity contribution in [1.82, 2.24) is 15.1 Å². The summed E-state index contributed by atoms with van der Waals surface area (Å²) in [6.45, 7) is 6.71. The molecule has 3 rings (SSSR count). The van der Waals surface area contributed by atoms with E-state index < -0.39 is 0 Å². The fourth-order valence-electron chi connectivity index (χ4n) is 3.12. The summed E-state index contributed by atoms with van der Waals surface area (Å²) in [4.78, 5) is 14.6. The quantitative estimate of drug-likeness (QED) is 0.877. The van der Waals surface area contributed by atoms with E-state index in [1.165, 1.54) is 5.69 Å². The van der Waals surface area contributed by atoms with Gasteiger partial charge in [-0.2, -0.15) is 5.10 Å². The number of aromatic nitrogens is 2. The Morgan fingerprint density at radius 2 is 2.28 bits per heavy atom. The number of hydrogen-bond acceptors (Lipinski definition) is 4. The van der Waals surface area contributed by atoms with Crippen LogP contribution in [0.3, 0.4) is 0 Å². The molecule has 0 unspecified atom stereocenters. The maximum absolute atomic E-state index is 12.3. The van der Waals surface area contributed by atoms with Crippen LogP contribution in [0.15, 0.2) is 36.7 Å². The molecule has 0 aliphatic carbocycles. The van der Waals surface area contributed by atoms with Gasteiger partial charge in [-0.05, 0) is 38.3 Å². The normalized spacial score (nSPS) is 17.1. The van der Waals surface area contributed by atoms with Crippen molar-refractivity contribution in [2.24, 2.45) is 5.92 Å². The van der Waals surface area contributed by atoms with Gasteiger partial charge in [-0.3, -0.25) is 9.48 Å². The van der Waals surface area contributed by atoms with Gasteiger partial charge >= 0.3 is 0 Å². The third-order valence-electron chi connectivity index (χ3n) is 4.65. The van der Waals surface area contributed by atoms with Crippen molar-refractivity contribution in [3.05, 3.63) is 42.2 Å². The van der Waals surface area contributed by atoms with Crippen molar-refractivity contribution in [3.63, 3.8) is 0 Å². The maximum atomic E-state index is 12.3.